The lowest BCUT2D eigenvalue weighted by molar-refractivity contribution is 0.103. The van der Waals surface area contributed by atoms with E-state index in [0.29, 0.717) is 24.3 Å². The van der Waals surface area contributed by atoms with Crippen molar-refractivity contribution in [2.45, 2.75) is 0 Å². The van der Waals surface area contributed by atoms with Crippen molar-refractivity contribution in [3.8, 4) is 11.5 Å². The van der Waals surface area contributed by atoms with E-state index in [1.165, 1.54) is 0 Å². The normalized spacial score (nSPS) is 11.0. The maximum Gasteiger partial charge on any atom is 0.193 e. The van der Waals surface area contributed by atoms with Crippen LogP contribution in [0.2, 0.25) is 0 Å². The zero-order chi connectivity index (χ0) is 18.9. The van der Waals surface area contributed by atoms with E-state index in [1.54, 1.807) is 24.3 Å². The second-order valence-corrected chi connectivity index (χ2v) is 6.68. The first kappa shape index (κ1) is 19.9. The maximum atomic E-state index is 12.6. The molecule has 0 radical (unpaired) electrons. The first-order chi connectivity index (χ1) is 12.5. The van der Waals surface area contributed by atoms with E-state index in [2.05, 4.69) is 9.80 Å². The lowest BCUT2D eigenvalue weighted by Gasteiger charge is -2.12. The van der Waals surface area contributed by atoms with E-state index in [4.69, 9.17) is 9.47 Å². The average molecular weight is 356 g/mol. The van der Waals surface area contributed by atoms with Gasteiger partial charge in [-0.25, -0.2) is 0 Å². The second kappa shape index (κ2) is 9.94. The van der Waals surface area contributed by atoms with Gasteiger partial charge >= 0.3 is 0 Å². The first-order valence-corrected chi connectivity index (χ1v) is 8.75. The minimum atomic E-state index is -0.00955. The number of ether oxygens (including phenoxy) is 2. The van der Waals surface area contributed by atoms with Gasteiger partial charge in [-0.05, 0) is 76.7 Å². The summed E-state index contributed by atoms with van der Waals surface area (Å²) in [6.45, 7) is 2.94. The minimum Gasteiger partial charge on any atom is -0.492 e. The Labute approximate surface area is 156 Å². The highest BCUT2D eigenvalue weighted by molar-refractivity contribution is 6.09. The highest BCUT2D eigenvalue weighted by Gasteiger charge is 2.09. The largest absolute Gasteiger partial charge is 0.492 e. The molecule has 5 nitrogen and oxygen atoms in total. The molecule has 5 heteroatoms. The Bertz CT molecular complexity index is 620. The topological polar surface area (TPSA) is 42.0 Å². The lowest BCUT2D eigenvalue weighted by atomic mass is 10.0. The van der Waals surface area contributed by atoms with E-state index in [1.807, 2.05) is 52.5 Å². The molecule has 0 aromatic heterocycles. The van der Waals surface area contributed by atoms with Crippen LogP contribution in [-0.4, -0.2) is 70.1 Å². The van der Waals surface area contributed by atoms with Crippen molar-refractivity contribution < 1.29 is 14.3 Å². The predicted molar refractivity (Wildman–Crippen MR) is 104 cm³/mol. The number of likely N-dealkylation sites (N-methyl/N-ethyl adjacent to an activating group) is 2. The Hall–Kier alpha value is -2.37. The van der Waals surface area contributed by atoms with Gasteiger partial charge in [-0.1, -0.05) is 0 Å². The van der Waals surface area contributed by atoms with E-state index in [9.17, 15) is 4.79 Å². The minimum absolute atomic E-state index is 0.00955. The Balaban J connectivity index is 1.91. The van der Waals surface area contributed by atoms with Crippen LogP contribution in [0, 0.1) is 0 Å². The van der Waals surface area contributed by atoms with Crippen molar-refractivity contribution in [3.05, 3.63) is 59.7 Å². The van der Waals surface area contributed by atoms with Gasteiger partial charge in [-0.15, -0.1) is 0 Å². The van der Waals surface area contributed by atoms with Gasteiger partial charge in [0.15, 0.2) is 5.78 Å². The Kier molecular flexibility index (Phi) is 7.63. The molecule has 0 unspecified atom stereocenters. The van der Waals surface area contributed by atoms with Crippen LogP contribution < -0.4 is 9.47 Å². The third-order valence-electron chi connectivity index (χ3n) is 3.85. The summed E-state index contributed by atoms with van der Waals surface area (Å²) in [6, 6.07) is 14.5. The molecular formula is C21H28N2O3. The molecule has 0 atom stereocenters. The molecule has 0 heterocycles. The highest BCUT2D eigenvalue weighted by Crippen LogP contribution is 2.18. The van der Waals surface area contributed by atoms with Crippen LogP contribution in [0.1, 0.15) is 15.9 Å². The molecule has 0 aliphatic heterocycles. The van der Waals surface area contributed by atoms with Gasteiger partial charge in [0.25, 0.3) is 0 Å². The van der Waals surface area contributed by atoms with E-state index in [-0.39, 0.29) is 5.78 Å². The summed E-state index contributed by atoms with van der Waals surface area (Å²) in [5, 5.41) is 0. The molecule has 2 aromatic carbocycles. The van der Waals surface area contributed by atoms with Gasteiger partial charge < -0.3 is 19.3 Å². The summed E-state index contributed by atoms with van der Waals surface area (Å²) in [7, 11) is 8.01. The Morgan fingerprint density at radius 3 is 1.35 bits per heavy atom. The van der Waals surface area contributed by atoms with Crippen LogP contribution in [0.4, 0.5) is 0 Å². The van der Waals surface area contributed by atoms with E-state index < -0.39 is 0 Å². The summed E-state index contributed by atoms with van der Waals surface area (Å²) >= 11 is 0. The SMILES string of the molecule is CN(C)CCOc1ccc(C(=O)c2ccc(OCCN(C)C)cc2)cc1. The summed E-state index contributed by atoms with van der Waals surface area (Å²) in [5.74, 6) is 1.53. The van der Waals surface area contributed by atoms with Crippen LogP contribution in [0.15, 0.2) is 48.5 Å². The van der Waals surface area contributed by atoms with Crippen molar-refractivity contribution in [2.24, 2.45) is 0 Å². The monoisotopic (exact) mass is 356 g/mol. The van der Waals surface area contributed by atoms with Crippen molar-refractivity contribution >= 4 is 5.78 Å². The Morgan fingerprint density at radius 2 is 1.04 bits per heavy atom. The lowest BCUT2D eigenvalue weighted by Crippen LogP contribution is -2.19. The summed E-state index contributed by atoms with van der Waals surface area (Å²) in [6.07, 6.45) is 0. The number of carbonyl (C=O) groups excluding carboxylic acids is 1. The van der Waals surface area contributed by atoms with Gasteiger partial charge in [0.2, 0.25) is 0 Å². The molecule has 140 valence electrons. The molecule has 2 aromatic rings. The smallest absolute Gasteiger partial charge is 0.193 e. The van der Waals surface area contributed by atoms with Crippen LogP contribution in [0.3, 0.4) is 0 Å². The fourth-order valence-electron chi connectivity index (χ4n) is 2.26. The molecule has 0 spiro atoms. The van der Waals surface area contributed by atoms with Gasteiger partial charge in [0.05, 0.1) is 0 Å². The number of nitrogens with zero attached hydrogens (tertiary/aromatic N) is 2. The Morgan fingerprint density at radius 1 is 0.692 bits per heavy atom. The molecule has 0 saturated heterocycles. The maximum absolute atomic E-state index is 12.6. The fraction of sp³-hybridized carbons (Fsp3) is 0.381. The molecule has 0 fully saturated rings. The highest BCUT2D eigenvalue weighted by atomic mass is 16.5. The third-order valence-corrected chi connectivity index (χ3v) is 3.85. The summed E-state index contributed by atoms with van der Waals surface area (Å²) in [4.78, 5) is 16.7. The zero-order valence-corrected chi connectivity index (χ0v) is 16.1. The molecule has 0 saturated carbocycles. The zero-order valence-electron chi connectivity index (χ0n) is 16.1. The number of carbonyl (C=O) groups is 1. The van der Waals surface area contributed by atoms with Gasteiger partial charge in [0, 0.05) is 24.2 Å². The van der Waals surface area contributed by atoms with Crippen LogP contribution in [0.25, 0.3) is 0 Å². The van der Waals surface area contributed by atoms with E-state index in [0.717, 1.165) is 24.6 Å². The standard InChI is InChI=1S/C21H28N2O3/c1-22(2)13-15-25-19-9-5-17(6-10-19)21(24)18-7-11-20(12-8-18)26-16-14-23(3)4/h5-12H,13-16H2,1-4H3. The van der Waals surface area contributed by atoms with Crippen molar-refractivity contribution in [1.29, 1.82) is 0 Å². The van der Waals surface area contributed by atoms with Gasteiger partial charge in [-0.2, -0.15) is 0 Å². The quantitative estimate of drug-likeness (QED) is 0.613. The number of ketones is 1. The van der Waals surface area contributed by atoms with Crippen molar-refractivity contribution in [3.63, 3.8) is 0 Å². The number of hydrogen-bond donors (Lipinski definition) is 0. The first-order valence-electron chi connectivity index (χ1n) is 8.75. The van der Waals surface area contributed by atoms with Gasteiger partial charge in [0.1, 0.15) is 24.7 Å². The van der Waals surface area contributed by atoms with Gasteiger partial charge in [-0.3, -0.25) is 4.79 Å². The fourth-order valence-corrected chi connectivity index (χ4v) is 2.26. The third kappa shape index (κ3) is 6.50. The number of hydrogen-bond acceptors (Lipinski definition) is 5. The molecule has 2 rings (SSSR count). The summed E-state index contributed by atoms with van der Waals surface area (Å²) in [5.41, 5.74) is 1.29. The summed E-state index contributed by atoms with van der Waals surface area (Å²) < 4.78 is 11.3. The second-order valence-electron chi connectivity index (χ2n) is 6.68. The van der Waals surface area contributed by atoms with Crippen LogP contribution in [-0.2, 0) is 0 Å². The average Bonchev–Trinajstić information content (AvgIpc) is 2.62. The molecule has 0 amide bonds. The van der Waals surface area contributed by atoms with Crippen molar-refractivity contribution in [2.75, 3.05) is 54.5 Å². The number of rotatable bonds is 10. The van der Waals surface area contributed by atoms with E-state index >= 15 is 0 Å². The molecule has 26 heavy (non-hydrogen) atoms. The predicted octanol–water partition coefficient (Wildman–Crippen LogP) is 2.80. The molecule has 0 aliphatic rings. The molecule has 0 aliphatic carbocycles. The van der Waals surface area contributed by atoms with Crippen LogP contribution in [0.5, 0.6) is 11.5 Å². The number of benzene rings is 2. The van der Waals surface area contributed by atoms with Crippen LogP contribution >= 0.6 is 0 Å². The molecular weight excluding hydrogens is 328 g/mol. The van der Waals surface area contributed by atoms with Crippen molar-refractivity contribution in [1.82, 2.24) is 9.80 Å². The molecule has 0 bridgehead atoms. The molecule has 0 N–H and O–H groups in total.